The summed E-state index contributed by atoms with van der Waals surface area (Å²) in [7, 11) is 0. The lowest BCUT2D eigenvalue weighted by Crippen LogP contribution is -2.45. The minimum Gasteiger partial charge on any atom is -0.366 e. The number of carbonyl (C=O) groups excluding carboxylic acids is 2. The Bertz CT molecular complexity index is 626. The topological polar surface area (TPSA) is 46.2 Å². The van der Waals surface area contributed by atoms with E-state index in [1.807, 2.05) is 30.3 Å². The highest BCUT2D eigenvalue weighted by molar-refractivity contribution is 6.34. The molecule has 0 amide bonds. The zero-order valence-electron chi connectivity index (χ0n) is 10.5. The summed E-state index contributed by atoms with van der Waals surface area (Å²) >= 11 is 0. The molecule has 0 saturated heterocycles. The summed E-state index contributed by atoms with van der Waals surface area (Å²) in [5.74, 6) is -0.339. The summed E-state index contributed by atoms with van der Waals surface area (Å²) in [5, 5.41) is 3.06. The van der Waals surface area contributed by atoms with Gasteiger partial charge in [0.2, 0.25) is 0 Å². The van der Waals surface area contributed by atoms with Crippen molar-refractivity contribution in [2.75, 3.05) is 5.32 Å². The number of benzene rings is 2. The first kappa shape index (κ1) is 11.7. The SMILES string of the molecule is CC1(Nc2ccccc2)C(=O)c2ccccc2C1=O. The first-order valence-electron chi connectivity index (χ1n) is 6.15. The summed E-state index contributed by atoms with van der Waals surface area (Å²) in [5.41, 5.74) is 0.557. The lowest BCUT2D eigenvalue weighted by molar-refractivity contribution is 0.0835. The molecule has 3 nitrogen and oxygen atoms in total. The van der Waals surface area contributed by atoms with E-state index in [9.17, 15) is 9.59 Å². The van der Waals surface area contributed by atoms with Crippen molar-refractivity contribution in [3.05, 3.63) is 65.7 Å². The van der Waals surface area contributed by atoms with Gasteiger partial charge in [0.05, 0.1) is 0 Å². The molecule has 2 aromatic carbocycles. The van der Waals surface area contributed by atoms with Crippen molar-refractivity contribution < 1.29 is 9.59 Å². The molecule has 3 rings (SSSR count). The molecule has 0 spiro atoms. The number of fused-ring (bicyclic) bond motifs is 1. The van der Waals surface area contributed by atoms with Crippen molar-refractivity contribution in [1.82, 2.24) is 0 Å². The molecule has 94 valence electrons. The average Bonchev–Trinajstić information content (AvgIpc) is 2.63. The van der Waals surface area contributed by atoms with Gasteiger partial charge in [0, 0.05) is 16.8 Å². The zero-order valence-corrected chi connectivity index (χ0v) is 10.5. The van der Waals surface area contributed by atoms with Crippen LogP contribution >= 0.6 is 0 Å². The van der Waals surface area contributed by atoms with Gasteiger partial charge in [0.25, 0.3) is 0 Å². The van der Waals surface area contributed by atoms with Crippen LogP contribution in [0.25, 0.3) is 0 Å². The van der Waals surface area contributed by atoms with Crippen LogP contribution in [0.5, 0.6) is 0 Å². The first-order valence-corrected chi connectivity index (χ1v) is 6.15. The Morgan fingerprint density at radius 2 is 1.26 bits per heavy atom. The maximum absolute atomic E-state index is 12.4. The molecule has 1 aliphatic carbocycles. The third-order valence-corrected chi connectivity index (χ3v) is 3.49. The summed E-state index contributed by atoms with van der Waals surface area (Å²) in [6, 6.07) is 16.3. The maximum atomic E-state index is 12.4. The van der Waals surface area contributed by atoms with E-state index in [2.05, 4.69) is 5.32 Å². The molecule has 0 fully saturated rings. The fourth-order valence-electron chi connectivity index (χ4n) is 2.44. The Morgan fingerprint density at radius 3 is 1.79 bits per heavy atom. The molecule has 0 atom stereocenters. The second kappa shape index (κ2) is 4.05. The minimum absolute atomic E-state index is 0.169. The van der Waals surface area contributed by atoms with Crippen LogP contribution in [0.1, 0.15) is 27.6 Å². The second-order valence-corrected chi connectivity index (χ2v) is 4.82. The van der Waals surface area contributed by atoms with E-state index in [1.165, 1.54) is 0 Å². The Kier molecular flexibility index (Phi) is 2.49. The van der Waals surface area contributed by atoms with E-state index in [1.54, 1.807) is 31.2 Å². The lowest BCUT2D eigenvalue weighted by Gasteiger charge is -2.23. The summed E-state index contributed by atoms with van der Waals surface area (Å²) in [6.45, 7) is 1.64. The van der Waals surface area contributed by atoms with Gasteiger partial charge in [-0.25, -0.2) is 0 Å². The van der Waals surface area contributed by atoms with Crippen LogP contribution in [0, 0.1) is 0 Å². The molecule has 2 aromatic rings. The Labute approximate surface area is 111 Å². The second-order valence-electron chi connectivity index (χ2n) is 4.82. The van der Waals surface area contributed by atoms with E-state index in [0.29, 0.717) is 11.1 Å². The molecule has 0 aromatic heterocycles. The third kappa shape index (κ3) is 1.66. The Morgan fingerprint density at radius 1 is 0.789 bits per heavy atom. The standard InChI is InChI=1S/C16H13NO2/c1-16(17-11-7-3-2-4-8-11)14(18)12-9-5-6-10-13(12)15(16)19/h2-10,17H,1H3. The van der Waals surface area contributed by atoms with E-state index < -0.39 is 5.54 Å². The van der Waals surface area contributed by atoms with Gasteiger partial charge in [-0.15, -0.1) is 0 Å². The maximum Gasteiger partial charge on any atom is 0.196 e. The molecule has 0 heterocycles. The molecule has 1 aliphatic rings. The highest BCUT2D eigenvalue weighted by atomic mass is 16.2. The van der Waals surface area contributed by atoms with Gasteiger partial charge >= 0.3 is 0 Å². The molecule has 0 bridgehead atoms. The average molecular weight is 251 g/mol. The van der Waals surface area contributed by atoms with Crippen LogP contribution in [0.2, 0.25) is 0 Å². The number of nitrogens with one attached hydrogen (secondary N) is 1. The van der Waals surface area contributed by atoms with Crippen molar-refractivity contribution >= 4 is 17.3 Å². The normalized spacial score (nSPS) is 16.3. The third-order valence-electron chi connectivity index (χ3n) is 3.49. The van der Waals surface area contributed by atoms with Crippen LogP contribution in [0.15, 0.2) is 54.6 Å². The van der Waals surface area contributed by atoms with Crippen molar-refractivity contribution in [2.45, 2.75) is 12.5 Å². The van der Waals surface area contributed by atoms with Gasteiger partial charge in [-0.1, -0.05) is 42.5 Å². The van der Waals surface area contributed by atoms with E-state index in [4.69, 9.17) is 0 Å². The number of anilines is 1. The molecule has 0 aliphatic heterocycles. The number of Topliss-reactive ketones (excluding diaryl/α,β-unsaturated/α-hetero) is 2. The highest BCUT2D eigenvalue weighted by Crippen LogP contribution is 2.32. The minimum atomic E-state index is -1.20. The van der Waals surface area contributed by atoms with Gasteiger partial charge in [-0.05, 0) is 19.1 Å². The number of ketones is 2. The molecule has 0 saturated carbocycles. The van der Waals surface area contributed by atoms with Crippen molar-refractivity contribution in [3.8, 4) is 0 Å². The largest absolute Gasteiger partial charge is 0.366 e. The fourth-order valence-corrected chi connectivity index (χ4v) is 2.44. The number of rotatable bonds is 2. The number of para-hydroxylation sites is 1. The first-order chi connectivity index (χ1) is 9.13. The highest BCUT2D eigenvalue weighted by Gasteiger charge is 2.49. The van der Waals surface area contributed by atoms with E-state index >= 15 is 0 Å². The number of carbonyl (C=O) groups is 2. The van der Waals surface area contributed by atoms with Gasteiger partial charge in [0.1, 0.15) is 0 Å². The van der Waals surface area contributed by atoms with Gasteiger partial charge in [-0.2, -0.15) is 0 Å². The predicted octanol–water partition coefficient (Wildman–Crippen LogP) is 2.94. The molecule has 0 radical (unpaired) electrons. The van der Waals surface area contributed by atoms with Crippen molar-refractivity contribution in [3.63, 3.8) is 0 Å². The van der Waals surface area contributed by atoms with Gasteiger partial charge < -0.3 is 5.32 Å². The van der Waals surface area contributed by atoms with E-state index in [0.717, 1.165) is 5.69 Å². The Hall–Kier alpha value is -2.42. The van der Waals surface area contributed by atoms with Crippen LogP contribution in [0.3, 0.4) is 0 Å². The summed E-state index contributed by atoms with van der Waals surface area (Å²) < 4.78 is 0. The molecule has 0 unspecified atom stereocenters. The Balaban J connectivity index is 2.03. The van der Waals surface area contributed by atoms with Crippen LogP contribution < -0.4 is 5.32 Å². The predicted molar refractivity (Wildman–Crippen MR) is 73.6 cm³/mol. The summed E-state index contributed by atoms with van der Waals surface area (Å²) in [6.07, 6.45) is 0. The number of hydrogen-bond donors (Lipinski definition) is 1. The molecule has 1 N–H and O–H groups in total. The lowest BCUT2D eigenvalue weighted by atomic mass is 9.95. The molecule has 19 heavy (non-hydrogen) atoms. The van der Waals surface area contributed by atoms with Crippen LogP contribution in [-0.4, -0.2) is 17.1 Å². The number of hydrogen-bond acceptors (Lipinski definition) is 3. The van der Waals surface area contributed by atoms with Crippen molar-refractivity contribution in [1.29, 1.82) is 0 Å². The molecular weight excluding hydrogens is 238 g/mol. The van der Waals surface area contributed by atoms with Gasteiger partial charge in [0.15, 0.2) is 17.1 Å². The molecule has 3 heteroatoms. The van der Waals surface area contributed by atoms with Gasteiger partial charge in [-0.3, -0.25) is 9.59 Å². The van der Waals surface area contributed by atoms with Crippen LogP contribution in [0.4, 0.5) is 5.69 Å². The zero-order chi connectivity index (χ0) is 13.5. The quantitative estimate of drug-likeness (QED) is 0.835. The fraction of sp³-hybridized carbons (Fsp3) is 0.125. The monoisotopic (exact) mass is 251 g/mol. The van der Waals surface area contributed by atoms with Crippen LogP contribution in [-0.2, 0) is 0 Å². The molecular formula is C16H13NO2. The van der Waals surface area contributed by atoms with Crippen molar-refractivity contribution in [2.24, 2.45) is 0 Å². The van der Waals surface area contributed by atoms with E-state index in [-0.39, 0.29) is 11.6 Å². The summed E-state index contributed by atoms with van der Waals surface area (Å²) in [4.78, 5) is 24.9. The smallest absolute Gasteiger partial charge is 0.196 e.